The standard InChI is InChI=1S/C27H28O4/c1-28-24-15-9-8-14-23(24)25-16-17-26(30-19-22-12-6-3-7-13-22)27(31-25)20-29-18-21-10-4-2-5-11-21/h2-17,25-27H,18-20H2,1H3/t25-,26-,27+/m0/s1. The molecule has 4 rings (SSSR count). The minimum Gasteiger partial charge on any atom is -0.496 e. The Morgan fingerprint density at radius 3 is 2.10 bits per heavy atom. The Morgan fingerprint density at radius 1 is 0.742 bits per heavy atom. The van der Waals surface area contributed by atoms with E-state index in [1.807, 2.05) is 66.7 Å². The normalized spacial score (nSPS) is 20.5. The van der Waals surface area contributed by atoms with Crippen molar-refractivity contribution < 1.29 is 18.9 Å². The van der Waals surface area contributed by atoms with Crippen molar-refractivity contribution >= 4 is 0 Å². The van der Waals surface area contributed by atoms with E-state index < -0.39 is 0 Å². The highest BCUT2D eigenvalue weighted by Gasteiger charge is 2.30. The number of para-hydroxylation sites is 1. The van der Waals surface area contributed by atoms with E-state index in [1.54, 1.807) is 7.11 Å². The lowest BCUT2D eigenvalue weighted by molar-refractivity contribution is -0.120. The molecule has 1 aliphatic rings. The molecule has 0 aliphatic carbocycles. The lowest BCUT2D eigenvalue weighted by Gasteiger charge is -2.33. The summed E-state index contributed by atoms with van der Waals surface area (Å²) in [5, 5.41) is 0. The zero-order valence-electron chi connectivity index (χ0n) is 17.7. The minimum absolute atomic E-state index is 0.193. The van der Waals surface area contributed by atoms with E-state index in [9.17, 15) is 0 Å². The summed E-state index contributed by atoms with van der Waals surface area (Å²) in [5.41, 5.74) is 3.26. The van der Waals surface area contributed by atoms with Gasteiger partial charge >= 0.3 is 0 Å². The fourth-order valence-corrected chi connectivity index (χ4v) is 3.65. The largest absolute Gasteiger partial charge is 0.496 e. The maximum Gasteiger partial charge on any atom is 0.124 e. The summed E-state index contributed by atoms with van der Waals surface area (Å²) >= 11 is 0. The van der Waals surface area contributed by atoms with Crippen LogP contribution in [0.5, 0.6) is 5.75 Å². The third-order valence-electron chi connectivity index (χ3n) is 5.29. The van der Waals surface area contributed by atoms with Crippen molar-refractivity contribution in [2.24, 2.45) is 0 Å². The van der Waals surface area contributed by atoms with Crippen LogP contribution in [0.15, 0.2) is 97.1 Å². The van der Waals surface area contributed by atoms with Crippen LogP contribution >= 0.6 is 0 Å². The molecule has 1 aliphatic heterocycles. The molecule has 3 aromatic carbocycles. The molecule has 31 heavy (non-hydrogen) atoms. The summed E-state index contributed by atoms with van der Waals surface area (Å²) in [6.07, 6.45) is 3.49. The molecule has 160 valence electrons. The average molecular weight is 417 g/mol. The van der Waals surface area contributed by atoms with Gasteiger partial charge in [-0.2, -0.15) is 0 Å². The summed E-state index contributed by atoms with van der Waals surface area (Å²) in [7, 11) is 1.68. The van der Waals surface area contributed by atoms with Crippen LogP contribution in [0.4, 0.5) is 0 Å². The highest BCUT2D eigenvalue weighted by molar-refractivity contribution is 5.37. The molecule has 0 radical (unpaired) electrons. The van der Waals surface area contributed by atoms with Gasteiger partial charge in [0.1, 0.15) is 24.1 Å². The van der Waals surface area contributed by atoms with Crippen molar-refractivity contribution in [3.05, 3.63) is 114 Å². The number of hydrogen-bond donors (Lipinski definition) is 0. The second kappa shape index (κ2) is 10.9. The summed E-state index contributed by atoms with van der Waals surface area (Å²) in [6, 6.07) is 28.2. The Balaban J connectivity index is 1.46. The predicted octanol–water partition coefficient (Wildman–Crippen LogP) is 5.49. The lowest BCUT2D eigenvalue weighted by Crippen LogP contribution is -2.38. The molecular formula is C27H28O4. The van der Waals surface area contributed by atoms with Crippen LogP contribution in [0.1, 0.15) is 22.8 Å². The van der Waals surface area contributed by atoms with E-state index in [-0.39, 0.29) is 18.3 Å². The predicted molar refractivity (Wildman–Crippen MR) is 121 cm³/mol. The Hall–Kier alpha value is -2.92. The SMILES string of the molecule is COc1ccccc1[C@@H]1C=C[C@H](OCc2ccccc2)[C@@H](COCc2ccccc2)O1. The zero-order chi connectivity index (χ0) is 21.3. The van der Waals surface area contributed by atoms with Crippen LogP contribution in [0.2, 0.25) is 0 Å². The molecule has 0 N–H and O–H groups in total. The first-order valence-electron chi connectivity index (χ1n) is 10.6. The van der Waals surface area contributed by atoms with Gasteiger partial charge in [-0.25, -0.2) is 0 Å². The number of rotatable bonds is 9. The van der Waals surface area contributed by atoms with Crippen molar-refractivity contribution in [2.75, 3.05) is 13.7 Å². The van der Waals surface area contributed by atoms with Gasteiger partial charge in [0.15, 0.2) is 0 Å². The smallest absolute Gasteiger partial charge is 0.124 e. The molecular weight excluding hydrogens is 388 g/mol. The third-order valence-corrected chi connectivity index (χ3v) is 5.29. The summed E-state index contributed by atoms with van der Waals surface area (Å²) in [6.45, 7) is 1.49. The Morgan fingerprint density at radius 2 is 1.39 bits per heavy atom. The fraction of sp³-hybridized carbons (Fsp3) is 0.259. The molecule has 4 heteroatoms. The van der Waals surface area contributed by atoms with E-state index >= 15 is 0 Å². The number of benzene rings is 3. The van der Waals surface area contributed by atoms with Crippen LogP contribution in [0.3, 0.4) is 0 Å². The molecule has 0 amide bonds. The highest BCUT2D eigenvalue weighted by Crippen LogP contribution is 2.33. The van der Waals surface area contributed by atoms with E-state index in [2.05, 4.69) is 30.3 Å². The topological polar surface area (TPSA) is 36.9 Å². The third kappa shape index (κ3) is 5.82. The molecule has 1 heterocycles. The molecule has 3 atom stereocenters. The van der Waals surface area contributed by atoms with E-state index in [4.69, 9.17) is 18.9 Å². The Kier molecular flexibility index (Phi) is 7.51. The van der Waals surface area contributed by atoms with Gasteiger partial charge in [-0.1, -0.05) is 91.0 Å². The van der Waals surface area contributed by atoms with Crippen LogP contribution in [-0.4, -0.2) is 25.9 Å². The Labute approximate surface area is 184 Å². The number of ether oxygens (including phenoxy) is 4. The molecule has 0 aromatic heterocycles. The van der Waals surface area contributed by atoms with Gasteiger partial charge in [-0.15, -0.1) is 0 Å². The summed E-state index contributed by atoms with van der Waals surface area (Å²) in [4.78, 5) is 0. The van der Waals surface area contributed by atoms with Gasteiger partial charge in [0.05, 0.1) is 26.9 Å². The average Bonchev–Trinajstić information content (AvgIpc) is 2.84. The van der Waals surface area contributed by atoms with Gasteiger partial charge in [-0.3, -0.25) is 0 Å². The van der Waals surface area contributed by atoms with Gasteiger partial charge in [0.2, 0.25) is 0 Å². The van der Waals surface area contributed by atoms with E-state index in [0.717, 1.165) is 22.4 Å². The van der Waals surface area contributed by atoms with Crippen molar-refractivity contribution in [1.29, 1.82) is 0 Å². The summed E-state index contributed by atoms with van der Waals surface area (Å²) in [5.74, 6) is 0.810. The minimum atomic E-state index is -0.229. The maximum absolute atomic E-state index is 6.44. The Bertz CT molecular complexity index is 955. The molecule has 0 fully saturated rings. The molecule has 0 spiro atoms. The van der Waals surface area contributed by atoms with Crippen LogP contribution in [0, 0.1) is 0 Å². The lowest BCUT2D eigenvalue weighted by atomic mass is 10.0. The molecule has 3 aromatic rings. The monoisotopic (exact) mass is 416 g/mol. The second-order valence-corrected chi connectivity index (χ2v) is 7.48. The summed E-state index contributed by atoms with van der Waals surface area (Å²) < 4.78 is 24.2. The quantitative estimate of drug-likeness (QED) is 0.432. The van der Waals surface area contributed by atoms with Crippen molar-refractivity contribution in [1.82, 2.24) is 0 Å². The van der Waals surface area contributed by atoms with Crippen molar-refractivity contribution in [2.45, 2.75) is 31.5 Å². The van der Waals surface area contributed by atoms with Gasteiger partial charge in [0, 0.05) is 5.56 Å². The molecule has 0 bridgehead atoms. The highest BCUT2D eigenvalue weighted by atomic mass is 16.6. The number of hydrogen-bond acceptors (Lipinski definition) is 4. The van der Waals surface area contributed by atoms with Gasteiger partial charge in [-0.05, 0) is 17.2 Å². The van der Waals surface area contributed by atoms with Crippen LogP contribution in [-0.2, 0) is 27.4 Å². The van der Waals surface area contributed by atoms with Crippen LogP contribution < -0.4 is 4.74 Å². The van der Waals surface area contributed by atoms with Crippen LogP contribution in [0.25, 0.3) is 0 Å². The first-order chi connectivity index (χ1) is 15.3. The second-order valence-electron chi connectivity index (χ2n) is 7.48. The maximum atomic E-state index is 6.44. The fourth-order valence-electron chi connectivity index (χ4n) is 3.65. The molecule has 0 saturated carbocycles. The first-order valence-corrected chi connectivity index (χ1v) is 10.6. The molecule has 0 unspecified atom stereocenters. The van der Waals surface area contributed by atoms with Gasteiger partial charge < -0.3 is 18.9 Å². The number of methoxy groups -OCH3 is 1. The van der Waals surface area contributed by atoms with E-state index in [1.165, 1.54) is 0 Å². The van der Waals surface area contributed by atoms with E-state index in [0.29, 0.717) is 19.8 Å². The molecule has 4 nitrogen and oxygen atoms in total. The van der Waals surface area contributed by atoms with Gasteiger partial charge in [0.25, 0.3) is 0 Å². The zero-order valence-corrected chi connectivity index (χ0v) is 17.7. The first kappa shape index (κ1) is 21.3. The van der Waals surface area contributed by atoms with Crippen molar-refractivity contribution in [3.63, 3.8) is 0 Å². The molecule has 0 saturated heterocycles. The van der Waals surface area contributed by atoms with Crippen molar-refractivity contribution in [3.8, 4) is 5.75 Å².